The van der Waals surface area contributed by atoms with E-state index in [0.717, 1.165) is 59.5 Å². The van der Waals surface area contributed by atoms with Gasteiger partial charge in [-0.2, -0.15) is 0 Å². The molecule has 0 unspecified atom stereocenters. The highest BCUT2D eigenvalue weighted by molar-refractivity contribution is 5.70. The lowest BCUT2D eigenvalue weighted by Crippen LogP contribution is -2.34. The molecular formula is C37H40N2O7. The maximum absolute atomic E-state index is 7.02. The molecule has 9 heteroatoms. The van der Waals surface area contributed by atoms with Crippen LogP contribution in [0.5, 0.6) is 51.7 Å². The number of ether oxygens (including phenoxy) is 7. The summed E-state index contributed by atoms with van der Waals surface area (Å²) >= 11 is 0. The van der Waals surface area contributed by atoms with Crippen molar-refractivity contribution < 1.29 is 33.2 Å². The minimum absolute atomic E-state index is 0.0419. The molecule has 4 heterocycles. The second kappa shape index (κ2) is 12.3. The van der Waals surface area contributed by atoms with Gasteiger partial charge in [-0.1, -0.05) is 18.2 Å². The molecule has 4 aromatic rings. The van der Waals surface area contributed by atoms with Crippen LogP contribution in [0.4, 0.5) is 0 Å². The van der Waals surface area contributed by atoms with Crippen LogP contribution in [-0.4, -0.2) is 60.6 Å². The van der Waals surface area contributed by atoms with Crippen LogP contribution in [0.3, 0.4) is 0 Å². The maximum Gasteiger partial charge on any atom is 0.208 e. The average Bonchev–Trinajstić information content (AvgIpc) is 3.08. The maximum atomic E-state index is 7.02. The molecule has 4 aliphatic heterocycles. The number of rotatable bonds is 5. The van der Waals surface area contributed by atoms with Gasteiger partial charge in [-0.25, -0.2) is 0 Å². The van der Waals surface area contributed by atoms with E-state index < -0.39 is 0 Å². The highest BCUT2D eigenvalue weighted by Crippen LogP contribution is 2.56. The molecule has 0 radical (unpaired) electrons. The normalized spacial score (nSPS) is 18.4. The molecule has 46 heavy (non-hydrogen) atoms. The number of benzene rings is 4. The first-order valence-corrected chi connectivity index (χ1v) is 15.6. The van der Waals surface area contributed by atoms with E-state index in [2.05, 4.69) is 53.7 Å². The van der Waals surface area contributed by atoms with E-state index in [4.69, 9.17) is 33.2 Å². The molecule has 0 aliphatic carbocycles. The Kier molecular flexibility index (Phi) is 8.04. The summed E-state index contributed by atoms with van der Waals surface area (Å²) < 4.78 is 43.2. The van der Waals surface area contributed by atoms with E-state index >= 15 is 0 Å². The Labute approximate surface area is 269 Å². The molecule has 0 saturated carbocycles. The Morgan fingerprint density at radius 1 is 0.739 bits per heavy atom. The SMILES string of the molecule is COc1ccc2cc1Oc1ccc(cc1)[C@@H]1NCCc3cc(OC)c(cc31)Oc1c(OC)c(OC)c(OC)c3c1[C@H](C2)N(C)CC3. The van der Waals surface area contributed by atoms with Gasteiger partial charge < -0.3 is 38.5 Å². The largest absolute Gasteiger partial charge is 0.493 e. The molecule has 0 fully saturated rings. The van der Waals surface area contributed by atoms with E-state index in [-0.39, 0.29) is 12.1 Å². The summed E-state index contributed by atoms with van der Waals surface area (Å²) in [4.78, 5) is 2.35. The van der Waals surface area contributed by atoms with E-state index in [1.165, 1.54) is 5.56 Å². The number of likely N-dealkylation sites (N-methyl/N-ethyl adjacent to an activating group) is 1. The summed E-state index contributed by atoms with van der Waals surface area (Å²) in [5.41, 5.74) is 6.58. The molecule has 8 rings (SSSR count). The molecule has 0 amide bonds. The third kappa shape index (κ3) is 5.04. The van der Waals surface area contributed by atoms with Gasteiger partial charge in [0.05, 0.1) is 41.6 Å². The van der Waals surface area contributed by atoms with Crippen LogP contribution in [0.25, 0.3) is 0 Å². The van der Waals surface area contributed by atoms with Gasteiger partial charge in [0.15, 0.2) is 34.5 Å². The highest BCUT2D eigenvalue weighted by Gasteiger charge is 2.37. The molecule has 240 valence electrons. The van der Waals surface area contributed by atoms with Crippen molar-refractivity contribution in [3.63, 3.8) is 0 Å². The zero-order valence-electron chi connectivity index (χ0n) is 27.2. The van der Waals surface area contributed by atoms with Crippen molar-refractivity contribution in [2.45, 2.75) is 31.3 Å². The first-order chi connectivity index (χ1) is 22.5. The van der Waals surface area contributed by atoms with Crippen LogP contribution in [0, 0.1) is 0 Å². The fraction of sp³-hybridized carbons (Fsp3) is 0.351. The van der Waals surface area contributed by atoms with Crippen molar-refractivity contribution >= 4 is 0 Å². The third-order valence-corrected chi connectivity index (χ3v) is 9.44. The lowest BCUT2D eigenvalue weighted by Gasteiger charge is -2.37. The Bertz CT molecular complexity index is 1770. The number of nitrogens with one attached hydrogen (secondary N) is 1. The number of nitrogens with zero attached hydrogens (tertiary/aromatic N) is 1. The van der Waals surface area contributed by atoms with Gasteiger partial charge in [-0.3, -0.25) is 4.90 Å². The Morgan fingerprint density at radius 2 is 1.48 bits per heavy atom. The lowest BCUT2D eigenvalue weighted by atomic mass is 9.86. The minimum Gasteiger partial charge on any atom is -0.493 e. The van der Waals surface area contributed by atoms with Crippen LogP contribution in [0.2, 0.25) is 0 Å². The first-order valence-electron chi connectivity index (χ1n) is 15.6. The monoisotopic (exact) mass is 624 g/mol. The Balaban J connectivity index is 1.52. The number of hydrogen-bond donors (Lipinski definition) is 1. The molecule has 0 aromatic heterocycles. The number of fused-ring (bicyclic) bond motifs is 2. The van der Waals surface area contributed by atoms with Crippen LogP contribution >= 0.6 is 0 Å². The molecule has 4 aromatic carbocycles. The quantitative estimate of drug-likeness (QED) is 0.263. The topological polar surface area (TPSA) is 79.9 Å². The second-order valence-corrected chi connectivity index (χ2v) is 11.9. The molecule has 2 atom stereocenters. The fourth-order valence-electron chi connectivity index (χ4n) is 7.15. The lowest BCUT2D eigenvalue weighted by molar-refractivity contribution is 0.216. The Morgan fingerprint density at radius 3 is 2.20 bits per heavy atom. The highest BCUT2D eigenvalue weighted by atomic mass is 16.6. The first kappa shape index (κ1) is 30.1. The van der Waals surface area contributed by atoms with Crippen molar-refractivity contribution in [2.24, 2.45) is 0 Å². The van der Waals surface area contributed by atoms with Gasteiger partial charge in [-0.05, 0) is 85.0 Å². The number of methoxy groups -OCH3 is 5. The van der Waals surface area contributed by atoms with Crippen LogP contribution in [0.15, 0.2) is 54.6 Å². The van der Waals surface area contributed by atoms with Gasteiger partial charge in [0.1, 0.15) is 5.75 Å². The van der Waals surface area contributed by atoms with Crippen molar-refractivity contribution in [1.82, 2.24) is 10.2 Å². The van der Waals surface area contributed by atoms with Gasteiger partial charge in [0.25, 0.3) is 0 Å². The van der Waals surface area contributed by atoms with Crippen molar-refractivity contribution in [3.05, 3.63) is 88.0 Å². The zero-order valence-corrected chi connectivity index (χ0v) is 27.2. The number of hydrogen-bond acceptors (Lipinski definition) is 9. The smallest absolute Gasteiger partial charge is 0.208 e. The summed E-state index contributed by atoms with van der Waals surface area (Å²) in [6.45, 7) is 1.67. The standard InChI is InChI=1S/C37H40N2O7/c1-39-16-14-25-32-27(39)17-21-7-12-28(40-2)30(18-21)45-24-10-8-22(9-11-24)33-26-20-31(29(41-3)19-23(26)13-15-38-33)46-35(32)37(44-6)36(43-5)34(25)42-4/h7-12,18-20,27,33,38H,13-17H2,1-6H3/t27-,33-/m0/s1. The average molecular weight is 625 g/mol. The Hall–Kier alpha value is -4.60. The molecule has 6 bridgehead atoms. The fourth-order valence-corrected chi connectivity index (χ4v) is 7.15. The molecule has 1 N–H and O–H groups in total. The summed E-state index contributed by atoms with van der Waals surface area (Å²) in [5.74, 6) is 5.55. The second-order valence-electron chi connectivity index (χ2n) is 11.9. The van der Waals surface area contributed by atoms with Gasteiger partial charge >= 0.3 is 0 Å². The van der Waals surface area contributed by atoms with Crippen molar-refractivity contribution in [3.8, 4) is 51.7 Å². The van der Waals surface area contributed by atoms with Gasteiger partial charge in [-0.15, -0.1) is 0 Å². The van der Waals surface area contributed by atoms with E-state index in [0.29, 0.717) is 52.4 Å². The van der Waals surface area contributed by atoms with Crippen LogP contribution in [0.1, 0.15) is 45.5 Å². The molecule has 0 spiro atoms. The van der Waals surface area contributed by atoms with Crippen LogP contribution in [-0.2, 0) is 19.3 Å². The molecule has 0 saturated heterocycles. The minimum atomic E-state index is -0.0821. The predicted octanol–water partition coefficient (Wildman–Crippen LogP) is 6.63. The molecule has 4 aliphatic rings. The summed E-state index contributed by atoms with van der Waals surface area (Å²) in [6, 6.07) is 18.4. The van der Waals surface area contributed by atoms with E-state index in [9.17, 15) is 0 Å². The van der Waals surface area contributed by atoms with Gasteiger partial charge in [0, 0.05) is 30.3 Å². The zero-order chi connectivity index (χ0) is 31.9. The predicted molar refractivity (Wildman–Crippen MR) is 175 cm³/mol. The van der Waals surface area contributed by atoms with Crippen molar-refractivity contribution in [2.75, 3.05) is 55.7 Å². The van der Waals surface area contributed by atoms with Crippen molar-refractivity contribution in [1.29, 1.82) is 0 Å². The molecule has 9 nitrogen and oxygen atoms in total. The van der Waals surface area contributed by atoms with Crippen LogP contribution < -0.4 is 38.5 Å². The third-order valence-electron chi connectivity index (χ3n) is 9.44. The van der Waals surface area contributed by atoms with E-state index in [1.54, 1.807) is 35.5 Å². The van der Waals surface area contributed by atoms with E-state index in [1.807, 2.05) is 18.2 Å². The summed E-state index contributed by atoms with van der Waals surface area (Å²) in [6.07, 6.45) is 2.30. The summed E-state index contributed by atoms with van der Waals surface area (Å²) in [7, 11) is 10.4. The van der Waals surface area contributed by atoms with Gasteiger partial charge in [0.2, 0.25) is 11.5 Å². The molecular weight excluding hydrogens is 584 g/mol. The summed E-state index contributed by atoms with van der Waals surface area (Å²) in [5, 5.41) is 3.71.